The fourth-order valence-electron chi connectivity index (χ4n) is 3.42. The van der Waals surface area contributed by atoms with Gasteiger partial charge in [-0.1, -0.05) is 23.7 Å². The van der Waals surface area contributed by atoms with E-state index in [-0.39, 0.29) is 18.3 Å². The number of piperidine rings is 1. The number of likely N-dealkylation sites (tertiary alicyclic amines) is 1. The summed E-state index contributed by atoms with van der Waals surface area (Å²) in [5.41, 5.74) is 2.24. The lowest BCUT2D eigenvalue weighted by Gasteiger charge is -2.32. The van der Waals surface area contributed by atoms with E-state index in [0.29, 0.717) is 16.6 Å². The maximum atomic E-state index is 12.9. The predicted octanol–water partition coefficient (Wildman–Crippen LogP) is 3.76. The van der Waals surface area contributed by atoms with Crippen molar-refractivity contribution in [1.29, 1.82) is 0 Å². The molecule has 2 heterocycles. The van der Waals surface area contributed by atoms with Crippen LogP contribution in [-0.2, 0) is 0 Å². The zero-order valence-corrected chi connectivity index (χ0v) is 16.2. The Morgan fingerprint density at radius 3 is 2.73 bits per heavy atom. The number of halogens is 2. The van der Waals surface area contributed by atoms with Crippen LogP contribution in [0, 0.1) is 5.92 Å². The molecule has 5 nitrogen and oxygen atoms in total. The maximum Gasteiger partial charge on any atom is 0.257 e. The molecule has 1 aliphatic heterocycles. The van der Waals surface area contributed by atoms with E-state index in [0.717, 1.165) is 49.7 Å². The summed E-state index contributed by atoms with van der Waals surface area (Å²) in [4.78, 5) is 14.9. The molecule has 0 atom stereocenters. The van der Waals surface area contributed by atoms with Crippen LogP contribution in [0.4, 0.5) is 0 Å². The highest BCUT2D eigenvalue weighted by atomic mass is 35.5. The molecule has 0 radical (unpaired) electrons. The van der Waals surface area contributed by atoms with E-state index < -0.39 is 0 Å². The summed E-state index contributed by atoms with van der Waals surface area (Å²) in [7, 11) is 0. The van der Waals surface area contributed by atoms with Crippen molar-refractivity contribution in [3.63, 3.8) is 0 Å². The first-order valence-corrected chi connectivity index (χ1v) is 9.40. The standard InChI is InChI=1S/C19H23ClN4O.ClH/c20-15-3-1-2-14(10-15)18-17(12-22-23-18)19(25)24-8-6-16(7-9-24)21-11-13-4-5-13;/h1-3,10,12-13,16,21H,4-9,11H2,(H,22,23);1H. The van der Waals surface area contributed by atoms with Crippen molar-refractivity contribution in [2.45, 2.75) is 31.7 Å². The van der Waals surface area contributed by atoms with Gasteiger partial charge in [-0.3, -0.25) is 9.89 Å². The molecule has 1 aromatic heterocycles. The second-order valence-electron chi connectivity index (χ2n) is 7.09. The first-order valence-electron chi connectivity index (χ1n) is 9.02. The highest BCUT2D eigenvalue weighted by Gasteiger charge is 2.28. The van der Waals surface area contributed by atoms with Crippen LogP contribution in [0.15, 0.2) is 30.5 Å². The van der Waals surface area contributed by atoms with Crippen LogP contribution in [0.3, 0.4) is 0 Å². The van der Waals surface area contributed by atoms with Crippen LogP contribution >= 0.6 is 24.0 Å². The van der Waals surface area contributed by atoms with Crippen LogP contribution in [0.1, 0.15) is 36.0 Å². The maximum absolute atomic E-state index is 12.9. The predicted molar refractivity (Wildman–Crippen MR) is 106 cm³/mol. The molecule has 7 heteroatoms. The number of H-pyrrole nitrogens is 1. The number of rotatable bonds is 5. The SMILES string of the molecule is Cl.O=C(c1cn[nH]c1-c1cccc(Cl)c1)N1CCC(NCC2CC2)CC1. The zero-order valence-electron chi connectivity index (χ0n) is 14.6. The first-order chi connectivity index (χ1) is 12.2. The second-order valence-corrected chi connectivity index (χ2v) is 7.52. The van der Waals surface area contributed by atoms with Gasteiger partial charge in [-0.15, -0.1) is 12.4 Å². The molecule has 1 amide bonds. The number of aromatic amines is 1. The summed E-state index contributed by atoms with van der Waals surface area (Å²) in [5, 5.41) is 11.3. The lowest BCUT2D eigenvalue weighted by molar-refractivity contribution is 0.0706. The molecule has 2 N–H and O–H groups in total. The van der Waals surface area contributed by atoms with Gasteiger partial charge in [-0.05, 0) is 50.3 Å². The molecular weight excluding hydrogens is 371 g/mol. The van der Waals surface area contributed by atoms with Crippen LogP contribution in [0.5, 0.6) is 0 Å². The summed E-state index contributed by atoms with van der Waals surface area (Å²) in [5.74, 6) is 0.940. The number of nitrogens with one attached hydrogen (secondary N) is 2. The van der Waals surface area contributed by atoms with Crippen molar-refractivity contribution in [3.05, 3.63) is 41.0 Å². The molecule has 0 unspecified atom stereocenters. The zero-order chi connectivity index (χ0) is 17.2. The largest absolute Gasteiger partial charge is 0.338 e. The van der Waals surface area contributed by atoms with Crippen LogP contribution in [0.25, 0.3) is 11.3 Å². The number of carbonyl (C=O) groups is 1. The van der Waals surface area contributed by atoms with Gasteiger partial charge in [0.1, 0.15) is 0 Å². The van der Waals surface area contributed by atoms with Gasteiger partial charge in [-0.25, -0.2) is 0 Å². The fraction of sp³-hybridized carbons (Fsp3) is 0.474. The number of amides is 1. The smallest absolute Gasteiger partial charge is 0.257 e. The van der Waals surface area contributed by atoms with E-state index in [2.05, 4.69) is 15.5 Å². The molecule has 1 aliphatic carbocycles. The highest BCUT2D eigenvalue weighted by molar-refractivity contribution is 6.30. The van der Waals surface area contributed by atoms with Crippen LogP contribution in [0.2, 0.25) is 5.02 Å². The molecule has 0 bridgehead atoms. The normalized spacial score (nSPS) is 17.8. The van der Waals surface area contributed by atoms with Crippen LogP contribution in [-0.4, -0.2) is 46.7 Å². The summed E-state index contributed by atoms with van der Waals surface area (Å²) in [6.07, 6.45) is 6.40. The van der Waals surface area contributed by atoms with Gasteiger partial charge >= 0.3 is 0 Å². The van der Waals surface area contributed by atoms with Crippen molar-refractivity contribution in [2.75, 3.05) is 19.6 Å². The van der Waals surface area contributed by atoms with E-state index in [1.54, 1.807) is 6.20 Å². The topological polar surface area (TPSA) is 61.0 Å². The number of nitrogens with zero attached hydrogens (tertiary/aromatic N) is 2. The lowest BCUT2D eigenvalue weighted by Crippen LogP contribution is -2.45. The van der Waals surface area contributed by atoms with Gasteiger partial charge in [0.05, 0.1) is 17.5 Å². The van der Waals surface area contributed by atoms with E-state index >= 15 is 0 Å². The number of benzene rings is 1. The van der Waals surface area contributed by atoms with E-state index in [1.165, 1.54) is 12.8 Å². The average Bonchev–Trinajstić information content (AvgIpc) is 3.33. The Kier molecular flexibility index (Phi) is 6.22. The highest BCUT2D eigenvalue weighted by Crippen LogP contribution is 2.28. The Labute approximate surface area is 164 Å². The molecule has 1 saturated heterocycles. The molecule has 2 aliphatic rings. The quantitative estimate of drug-likeness (QED) is 0.811. The third-order valence-corrected chi connectivity index (χ3v) is 5.39. The minimum Gasteiger partial charge on any atom is -0.338 e. The summed E-state index contributed by atoms with van der Waals surface area (Å²) < 4.78 is 0. The Morgan fingerprint density at radius 2 is 2.04 bits per heavy atom. The molecule has 1 saturated carbocycles. The summed E-state index contributed by atoms with van der Waals surface area (Å²) >= 11 is 6.08. The molecule has 4 rings (SSSR count). The van der Waals surface area contributed by atoms with E-state index in [9.17, 15) is 4.79 Å². The third-order valence-electron chi connectivity index (χ3n) is 5.16. The Bertz CT molecular complexity index is 752. The monoisotopic (exact) mass is 394 g/mol. The molecular formula is C19H24Cl2N4O. The van der Waals surface area contributed by atoms with Gasteiger partial charge < -0.3 is 10.2 Å². The van der Waals surface area contributed by atoms with Gasteiger partial charge in [0, 0.05) is 29.7 Å². The average molecular weight is 395 g/mol. The summed E-state index contributed by atoms with van der Waals surface area (Å²) in [6, 6.07) is 8.03. The fourth-order valence-corrected chi connectivity index (χ4v) is 3.61. The molecule has 1 aromatic carbocycles. The van der Waals surface area contributed by atoms with Crippen LogP contribution < -0.4 is 5.32 Å². The number of aromatic nitrogens is 2. The van der Waals surface area contributed by atoms with Crippen molar-refractivity contribution >= 4 is 29.9 Å². The Balaban J connectivity index is 0.00000196. The first kappa shape index (κ1) is 19.2. The Morgan fingerprint density at radius 1 is 1.27 bits per heavy atom. The molecule has 0 spiro atoms. The number of carbonyl (C=O) groups excluding carboxylic acids is 1. The van der Waals surface area contributed by atoms with Crippen molar-refractivity contribution in [1.82, 2.24) is 20.4 Å². The van der Waals surface area contributed by atoms with Crippen molar-refractivity contribution in [2.24, 2.45) is 5.92 Å². The van der Waals surface area contributed by atoms with E-state index in [4.69, 9.17) is 11.6 Å². The van der Waals surface area contributed by atoms with E-state index in [1.807, 2.05) is 29.2 Å². The number of hydrogen-bond acceptors (Lipinski definition) is 3. The minimum absolute atomic E-state index is 0. The molecule has 2 fully saturated rings. The van der Waals surface area contributed by atoms with Gasteiger partial charge in [-0.2, -0.15) is 5.10 Å². The van der Waals surface area contributed by atoms with Gasteiger partial charge in [0.25, 0.3) is 5.91 Å². The molecule has 26 heavy (non-hydrogen) atoms. The van der Waals surface area contributed by atoms with Gasteiger partial charge in [0.15, 0.2) is 0 Å². The molecule has 2 aromatic rings. The van der Waals surface area contributed by atoms with Crippen molar-refractivity contribution < 1.29 is 4.79 Å². The Hall–Kier alpha value is -1.56. The molecule has 140 valence electrons. The summed E-state index contributed by atoms with van der Waals surface area (Å²) in [6.45, 7) is 2.72. The minimum atomic E-state index is 0. The van der Waals surface area contributed by atoms with Crippen molar-refractivity contribution in [3.8, 4) is 11.3 Å². The number of hydrogen-bond donors (Lipinski definition) is 2. The second kappa shape index (κ2) is 8.42. The third kappa shape index (κ3) is 4.40. The lowest BCUT2D eigenvalue weighted by atomic mass is 10.0. The van der Waals surface area contributed by atoms with Gasteiger partial charge in [0.2, 0.25) is 0 Å².